The second kappa shape index (κ2) is 11.5. The maximum Gasteiger partial charge on any atom is 0.471 e. The quantitative estimate of drug-likeness (QED) is 0.303. The zero-order valence-electron chi connectivity index (χ0n) is 21.6. The fourth-order valence-corrected chi connectivity index (χ4v) is 5.22. The number of piperidine rings is 1. The molecule has 10 heteroatoms. The van der Waals surface area contributed by atoms with Gasteiger partial charge in [0, 0.05) is 38.6 Å². The molecule has 1 N–H and O–H groups in total. The predicted molar refractivity (Wildman–Crippen MR) is 142 cm³/mol. The highest BCUT2D eigenvalue weighted by atomic mass is 19.4. The van der Waals surface area contributed by atoms with Crippen LogP contribution in [0.5, 0.6) is 0 Å². The van der Waals surface area contributed by atoms with Crippen LogP contribution in [-0.4, -0.2) is 45.5 Å². The number of hydrogen-bond acceptors (Lipinski definition) is 3. The molecule has 2 aromatic heterocycles. The van der Waals surface area contributed by atoms with Crippen LogP contribution in [0, 0.1) is 5.82 Å². The summed E-state index contributed by atoms with van der Waals surface area (Å²) in [5.74, 6) is -2.83. The Morgan fingerprint density at radius 1 is 0.975 bits per heavy atom. The molecule has 2 aromatic carbocycles. The van der Waals surface area contributed by atoms with Gasteiger partial charge in [0.1, 0.15) is 11.3 Å². The first-order valence-corrected chi connectivity index (χ1v) is 13.1. The van der Waals surface area contributed by atoms with E-state index < -0.39 is 17.9 Å². The third-order valence-corrected chi connectivity index (χ3v) is 7.34. The first kappa shape index (κ1) is 27.4. The van der Waals surface area contributed by atoms with E-state index in [0.717, 1.165) is 11.9 Å². The molecule has 208 valence electrons. The van der Waals surface area contributed by atoms with Gasteiger partial charge >= 0.3 is 12.1 Å². The van der Waals surface area contributed by atoms with Crippen molar-refractivity contribution in [2.45, 2.75) is 44.4 Å². The summed E-state index contributed by atoms with van der Waals surface area (Å²) in [6.07, 6.45) is 0.352. The van der Waals surface area contributed by atoms with Gasteiger partial charge in [-0.05, 0) is 60.1 Å². The van der Waals surface area contributed by atoms with Crippen LogP contribution < -0.4 is 5.32 Å². The average molecular weight is 553 g/mol. The molecule has 0 atom stereocenters. The van der Waals surface area contributed by atoms with Crippen LogP contribution in [0.25, 0.3) is 11.0 Å². The number of carbonyl (C=O) groups is 2. The van der Waals surface area contributed by atoms with E-state index in [9.17, 15) is 27.2 Å². The van der Waals surface area contributed by atoms with Crippen LogP contribution in [0.15, 0.2) is 73.1 Å². The van der Waals surface area contributed by atoms with Gasteiger partial charge < -0.3 is 14.8 Å². The van der Waals surface area contributed by atoms with Crippen LogP contribution in [-0.2, 0) is 24.3 Å². The van der Waals surface area contributed by atoms with Gasteiger partial charge in [0.15, 0.2) is 0 Å². The summed E-state index contributed by atoms with van der Waals surface area (Å²) in [4.78, 5) is 30.9. The van der Waals surface area contributed by atoms with Crippen molar-refractivity contribution in [1.29, 1.82) is 0 Å². The number of nitrogens with zero attached hydrogens (tertiary/aromatic N) is 3. The van der Waals surface area contributed by atoms with E-state index in [4.69, 9.17) is 0 Å². The number of pyridine rings is 1. The Hall–Kier alpha value is -4.21. The summed E-state index contributed by atoms with van der Waals surface area (Å²) in [6.45, 7) is 1.15. The number of likely N-dealkylation sites (tertiary alicyclic amines) is 1. The lowest BCUT2D eigenvalue weighted by molar-refractivity contribution is -0.173. The summed E-state index contributed by atoms with van der Waals surface area (Å²) in [5.41, 5.74) is 4.00. The monoisotopic (exact) mass is 552 g/mol. The Balaban J connectivity index is 1.26. The van der Waals surface area contributed by atoms with Gasteiger partial charge in [0.25, 0.3) is 5.91 Å². The molecule has 40 heavy (non-hydrogen) atoms. The number of alkyl halides is 3. The van der Waals surface area contributed by atoms with E-state index >= 15 is 0 Å². The van der Waals surface area contributed by atoms with Gasteiger partial charge in [-0.1, -0.05) is 42.5 Å². The van der Waals surface area contributed by atoms with Crippen molar-refractivity contribution in [2.24, 2.45) is 0 Å². The topological polar surface area (TPSA) is 67.2 Å². The van der Waals surface area contributed by atoms with E-state index in [1.165, 1.54) is 23.8 Å². The Morgan fingerprint density at radius 2 is 1.73 bits per heavy atom. The number of amides is 2. The largest absolute Gasteiger partial charge is 0.471 e. The standard InChI is InChI=1S/C30H28F4N4O2/c31-25-9-8-21(18-36-29(40)30(32,33)34)17-23(25)22-11-15-37(16-12-22)28(39)24-19-38(26-7-4-13-35-27(24)26)14-10-20-5-2-1-3-6-20/h1-9,13,17,19,22H,10-12,14-16,18H2,(H,36,40). The Morgan fingerprint density at radius 3 is 2.45 bits per heavy atom. The van der Waals surface area contributed by atoms with Crippen molar-refractivity contribution in [1.82, 2.24) is 19.8 Å². The van der Waals surface area contributed by atoms with Crippen molar-refractivity contribution in [3.8, 4) is 0 Å². The minimum Gasteiger partial charge on any atom is -0.345 e. The highest BCUT2D eigenvalue weighted by molar-refractivity contribution is 6.05. The molecule has 0 spiro atoms. The van der Waals surface area contributed by atoms with E-state index in [1.54, 1.807) is 11.1 Å². The maximum atomic E-state index is 14.7. The molecular formula is C30H28F4N4O2. The summed E-state index contributed by atoms with van der Waals surface area (Å²) in [7, 11) is 0. The molecule has 5 rings (SSSR count). The van der Waals surface area contributed by atoms with Gasteiger partial charge in [-0.25, -0.2) is 4.39 Å². The molecule has 0 aliphatic carbocycles. The number of carbonyl (C=O) groups excluding carboxylic acids is 2. The summed E-state index contributed by atoms with van der Waals surface area (Å²) in [5, 5.41) is 1.82. The number of halogens is 4. The van der Waals surface area contributed by atoms with Crippen LogP contribution >= 0.6 is 0 Å². The van der Waals surface area contributed by atoms with Crippen molar-refractivity contribution in [3.63, 3.8) is 0 Å². The Labute approximate surface area is 228 Å². The Bertz CT molecular complexity index is 1510. The number of aryl methyl sites for hydroxylation is 2. The van der Waals surface area contributed by atoms with E-state index in [-0.39, 0.29) is 18.4 Å². The number of nitrogens with one attached hydrogen (secondary N) is 1. The van der Waals surface area contributed by atoms with Gasteiger partial charge in [0.2, 0.25) is 0 Å². The van der Waals surface area contributed by atoms with Gasteiger partial charge in [0.05, 0.1) is 11.1 Å². The molecule has 0 saturated carbocycles. The average Bonchev–Trinajstić information content (AvgIpc) is 3.34. The molecule has 4 aromatic rings. The van der Waals surface area contributed by atoms with Crippen molar-refractivity contribution in [2.75, 3.05) is 13.1 Å². The first-order chi connectivity index (χ1) is 19.2. The highest BCUT2D eigenvalue weighted by Gasteiger charge is 2.38. The fourth-order valence-electron chi connectivity index (χ4n) is 5.22. The van der Waals surface area contributed by atoms with Crippen LogP contribution in [0.3, 0.4) is 0 Å². The number of hydrogen-bond donors (Lipinski definition) is 1. The molecule has 1 aliphatic heterocycles. The Kier molecular flexibility index (Phi) is 7.86. The number of benzene rings is 2. The third kappa shape index (κ3) is 6.00. The van der Waals surface area contributed by atoms with E-state index in [1.807, 2.05) is 46.4 Å². The molecule has 3 heterocycles. The SMILES string of the molecule is O=C(c1cn(CCc2ccccc2)c2cccnc12)N1CCC(c2cc(CNC(=O)C(F)(F)F)ccc2F)CC1. The van der Waals surface area contributed by atoms with E-state index in [0.29, 0.717) is 54.7 Å². The van der Waals surface area contributed by atoms with Crippen LogP contribution in [0.2, 0.25) is 0 Å². The zero-order chi connectivity index (χ0) is 28.3. The number of rotatable bonds is 7. The lowest BCUT2D eigenvalue weighted by atomic mass is 9.88. The summed E-state index contributed by atoms with van der Waals surface area (Å²) >= 11 is 0. The second-order valence-corrected chi connectivity index (χ2v) is 9.95. The van der Waals surface area contributed by atoms with Crippen molar-refractivity contribution in [3.05, 3.63) is 101 Å². The predicted octanol–water partition coefficient (Wildman–Crippen LogP) is 5.62. The maximum absolute atomic E-state index is 14.7. The minimum absolute atomic E-state index is 0.135. The van der Waals surface area contributed by atoms with Gasteiger partial charge in [-0.3, -0.25) is 14.6 Å². The molecule has 0 unspecified atom stereocenters. The molecule has 1 saturated heterocycles. The normalized spacial score (nSPS) is 14.4. The summed E-state index contributed by atoms with van der Waals surface area (Å²) in [6, 6.07) is 18.0. The van der Waals surface area contributed by atoms with Crippen molar-refractivity contribution < 1.29 is 27.2 Å². The highest BCUT2D eigenvalue weighted by Crippen LogP contribution is 2.32. The van der Waals surface area contributed by atoms with Crippen LogP contribution in [0.1, 0.15) is 45.8 Å². The lowest BCUT2D eigenvalue weighted by Crippen LogP contribution is -2.38. The summed E-state index contributed by atoms with van der Waals surface area (Å²) < 4.78 is 54.2. The molecule has 0 bridgehead atoms. The zero-order valence-corrected chi connectivity index (χ0v) is 21.6. The molecule has 1 fully saturated rings. The number of aromatic nitrogens is 2. The van der Waals surface area contributed by atoms with Crippen molar-refractivity contribution >= 4 is 22.8 Å². The number of fused-ring (bicyclic) bond motifs is 1. The lowest BCUT2D eigenvalue weighted by Gasteiger charge is -2.32. The fraction of sp³-hybridized carbons (Fsp3) is 0.300. The molecule has 6 nitrogen and oxygen atoms in total. The van der Waals surface area contributed by atoms with Gasteiger partial charge in [-0.2, -0.15) is 13.2 Å². The molecule has 1 aliphatic rings. The van der Waals surface area contributed by atoms with Crippen LogP contribution in [0.4, 0.5) is 17.6 Å². The minimum atomic E-state index is -4.98. The molecule has 0 radical (unpaired) electrons. The van der Waals surface area contributed by atoms with E-state index in [2.05, 4.69) is 17.1 Å². The second-order valence-electron chi connectivity index (χ2n) is 9.95. The smallest absolute Gasteiger partial charge is 0.345 e. The third-order valence-electron chi connectivity index (χ3n) is 7.34. The van der Waals surface area contributed by atoms with Gasteiger partial charge in [-0.15, -0.1) is 0 Å². The first-order valence-electron chi connectivity index (χ1n) is 13.1. The molecular weight excluding hydrogens is 524 g/mol. The molecule has 2 amide bonds.